The van der Waals surface area contributed by atoms with Crippen LogP contribution in [0.5, 0.6) is 11.5 Å². The average Bonchev–Trinajstić information content (AvgIpc) is 2.97. The molecule has 3 nitrogen and oxygen atoms in total. The van der Waals surface area contributed by atoms with E-state index in [0.717, 1.165) is 16.2 Å². The fourth-order valence-corrected chi connectivity index (χ4v) is 2.91. The zero-order valence-corrected chi connectivity index (χ0v) is 14.0. The highest BCUT2D eigenvalue weighted by molar-refractivity contribution is 7.98. The van der Waals surface area contributed by atoms with Gasteiger partial charge in [-0.2, -0.15) is 5.10 Å². The van der Waals surface area contributed by atoms with Crippen LogP contribution in [-0.2, 0) is 0 Å². The van der Waals surface area contributed by atoms with Crippen molar-refractivity contribution in [1.29, 1.82) is 0 Å². The van der Waals surface area contributed by atoms with Crippen molar-refractivity contribution in [2.45, 2.75) is 4.90 Å². The molecule has 2 aromatic carbocycles. The molecule has 0 bridgehead atoms. The Bertz CT molecular complexity index is 787. The van der Waals surface area contributed by atoms with Crippen molar-refractivity contribution in [3.8, 4) is 22.8 Å². The Balaban J connectivity index is 1.93. The molecule has 112 valence electrons. The third-order valence-corrected chi connectivity index (χ3v) is 4.38. The van der Waals surface area contributed by atoms with Crippen molar-refractivity contribution in [2.75, 3.05) is 6.26 Å². The first-order chi connectivity index (χ1) is 10.7. The van der Waals surface area contributed by atoms with Gasteiger partial charge in [-0.3, -0.25) is 5.10 Å². The number of nitrogens with zero attached hydrogens (tertiary/aromatic N) is 1. The number of H-pyrrole nitrogens is 1. The number of hydrogen-bond acceptors (Lipinski definition) is 3. The molecule has 0 saturated heterocycles. The zero-order chi connectivity index (χ0) is 15.5. The second-order valence-electron chi connectivity index (χ2n) is 4.51. The van der Waals surface area contributed by atoms with Gasteiger partial charge in [-0.15, -0.1) is 11.8 Å². The van der Waals surface area contributed by atoms with E-state index in [2.05, 4.69) is 10.2 Å². The number of ether oxygens (including phenoxy) is 1. The molecular weight excluding hydrogens is 339 g/mol. The molecule has 0 amide bonds. The standard InChI is InChI=1S/C16H12Cl2N2OS/c1-22-12-6-7-13(14(18)8-12)16-15(9-19-20-16)21-11-4-2-10(17)3-5-11/h2-9H,1H3,(H,19,20). The van der Waals surface area contributed by atoms with Crippen molar-refractivity contribution in [3.63, 3.8) is 0 Å². The summed E-state index contributed by atoms with van der Waals surface area (Å²) in [5.41, 5.74) is 1.59. The van der Waals surface area contributed by atoms with Crippen molar-refractivity contribution < 1.29 is 4.74 Å². The van der Waals surface area contributed by atoms with Gasteiger partial charge in [-0.1, -0.05) is 29.3 Å². The maximum atomic E-state index is 6.36. The summed E-state index contributed by atoms with van der Waals surface area (Å²) < 4.78 is 5.85. The Morgan fingerprint density at radius 3 is 2.55 bits per heavy atom. The van der Waals surface area contributed by atoms with Crippen LogP contribution < -0.4 is 4.74 Å². The van der Waals surface area contributed by atoms with Gasteiger partial charge >= 0.3 is 0 Å². The van der Waals surface area contributed by atoms with Gasteiger partial charge in [-0.05, 0) is 42.7 Å². The fourth-order valence-electron chi connectivity index (χ4n) is 2.00. The number of rotatable bonds is 4. The van der Waals surface area contributed by atoms with Gasteiger partial charge in [0.05, 0.1) is 11.2 Å². The molecule has 0 unspecified atom stereocenters. The predicted octanol–water partition coefficient (Wildman–Crippen LogP) is 5.90. The van der Waals surface area contributed by atoms with E-state index in [1.54, 1.807) is 42.2 Å². The molecule has 1 heterocycles. The highest BCUT2D eigenvalue weighted by Crippen LogP contribution is 2.37. The average molecular weight is 351 g/mol. The maximum Gasteiger partial charge on any atom is 0.173 e. The molecule has 0 aliphatic carbocycles. The Labute approximate surface area is 142 Å². The van der Waals surface area contributed by atoms with E-state index >= 15 is 0 Å². The Morgan fingerprint density at radius 1 is 1.09 bits per heavy atom. The van der Waals surface area contributed by atoms with E-state index in [9.17, 15) is 0 Å². The molecule has 1 N–H and O–H groups in total. The number of aromatic amines is 1. The third-order valence-electron chi connectivity index (χ3n) is 3.09. The van der Waals surface area contributed by atoms with Crippen LogP contribution in [0.15, 0.2) is 53.6 Å². The minimum absolute atomic E-state index is 0.612. The van der Waals surface area contributed by atoms with Crippen molar-refractivity contribution in [2.24, 2.45) is 0 Å². The summed E-state index contributed by atoms with van der Waals surface area (Å²) in [5.74, 6) is 1.30. The normalized spacial score (nSPS) is 10.7. The summed E-state index contributed by atoms with van der Waals surface area (Å²) >= 11 is 13.9. The highest BCUT2D eigenvalue weighted by atomic mass is 35.5. The monoisotopic (exact) mass is 350 g/mol. The highest BCUT2D eigenvalue weighted by Gasteiger charge is 2.13. The summed E-state index contributed by atoms with van der Waals surface area (Å²) in [4.78, 5) is 1.11. The van der Waals surface area contributed by atoms with E-state index in [1.807, 2.05) is 24.5 Å². The second-order valence-corrected chi connectivity index (χ2v) is 6.23. The first kappa shape index (κ1) is 15.3. The molecule has 3 rings (SSSR count). The summed E-state index contributed by atoms with van der Waals surface area (Å²) in [6.07, 6.45) is 3.64. The molecular formula is C16H12Cl2N2OS. The van der Waals surface area contributed by atoms with E-state index in [4.69, 9.17) is 27.9 Å². The minimum Gasteiger partial charge on any atom is -0.453 e. The van der Waals surface area contributed by atoms with Crippen LogP contribution in [0.4, 0.5) is 0 Å². The van der Waals surface area contributed by atoms with Crippen LogP contribution in [0.1, 0.15) is 0 Å². The van der Waals surface area contributed by atoms with E-state index in [1.165, 1.54) is 0 Å². The lowest BCUT2D eigenvalue weighted by molar-refractivity contribution is 0.485. The molecule has 1 aromatic heterocycles. The molecule has 0 fully saturated rings. The first-order valence-corrected chi connectivity index (χ1v) is 8.46. The number of thioether (sulfide) groups is 1. The number of hydrogen-bond donors (Lipinski definition) is 1. The van der Waals surface area contributed by atoms with E-state index in [-0.39, 0.29) is 0 Å². The SMILES string of the molecule is CSc1ccc(-c2[nH]ncc2Oc2ccc(Cl)cc2)c(Cl)c1. The van der Waals surface area contributed by atoms with Gasteiger partial charge in [0, 0.05) is 15.5 Å². The third kappa shape index (κ3) is 3.24. The lowest BCUT2D eigenvalue weighted by Gasteiger charge is -2.08. The van der Waals surface area contributed by atoms with Crippen LogP contribution in [0.3, 0.4) is 0 Å². The van der Waals surface area contributed by atoms with Crippen molar-refractivity contribution in [3.05, 3.63) is 58.7 Å². The quantitative estimate of drug-likeness (QED) is 0.595. The van der Waals surface area contributed by atoms with Crippen molar-refractivity contribution in [1.82, 2.24) is 10.2 Å². The maximum absolute atomic E-state index is 6.36. The van der Waals surface area contributed by atoms with Crippen LogP contribution in [0.25, 0.3) is 11.3 Å². The molecule has 0 spiro atoms. The molecule has 0 saturated carbocycles. The van der Waals surface area contributed by atoms with Crippen LogP contribution in [0.2, 0.25) is 10.0 Å². The molecule has 0 atom stereocenters. The Hall–Kier alpha value is -1.62. The first-order valence-electron chi connectivity index (χ1n) is 6.48. The van der Waals surface area contributed by atoms with Crippen LogP contribution in [0, 0.1) is 0 Å². The van der Waals surface area contributed by atoms with Crippen molar-refractivity contribution >= 4 is 35.0 Å². The fraction of sp³-hybridized carbons (Fsp3) is 0.0625. The predicted molar refractivity (Wildman–Crippen MR) is 92.3 cm³/mol. The number of halogens is 2. The van der Waals surface area contributed by atoms with Gasteiger partial charge in [0.25, 0.3) is 0 Å². The minimum atomic E-state index is 0.612. The summed E-state index contributed by atoms with van der Waals surface area (Å²) in [6.45, 7) is 0. The molecule has 22 heavy (non-hydrogen) atoms. The zero-order valence-electron chi connectivity index (χ0n) is 11.6. The number of aromatic nitrogens is 2. The summed E-state index contributed by atoms with van der Waals surface area (Å²) in [6, 6.07) is 13.0. The Morgan fingerprint density at radius 2 is 1.86 bits per heavy atom. The summed E-state index contributed by atoms with van der Waals surface area (Å²) in [7, 11) is 0. The van der Waals surface area contributed by atoms with Crippen LogP contribution in [-0.4, -0.2) is 16.5 Å². The largest absolute Gasteiger partial charge is 0.453 e. The van der Waals surface area contributed by atoms with Gasteiger partial charge in [0.2, 0.25) is 0 Å². The molecule has 6 heteroatoms. The molecule has 0 radical (unpaired) electrons. The van der Waals surface area contributed by atoms with Gasteiger partial charge < -0.3 is 4.74 Å². The number of benzene rings is 2. The Kier molecular flexibility index (Phi) is 4.62. The molecule has 0 aliphatic rings. The van der Waals surface area contributed by atoms with Gasteiger partial charge in [-0.25, -0.2) is 0 Å². The number of nitrogens with one attached hydrogen (secondary N) is 1. The second kappa shape index (κ2) is 6.65. The smallest absolute Gasteiger partial charge is 0.173 e. The topological polar surface area (TPSA) is 37.9 Å². The lowest BCUT2D eigenvalue weighted by Crippen LogP contribution is -1.87. The van der Waals surface area contributed by atoms with E-state index in [0.29, 0.717) is 21.5 Å². The summed E-state index contributed by atoms with van der Waals surface area (Å²) in [5, 5.41) is 8.31. The molecule has 0 aliphatic heterocycles. The van der Waals surface area contributed by atoms with Crippen LogP contribution >= 0.6 is 35.0 Å². The van der Waals surface area contributed by atoms with Gasteiger partial charge in [0.15, 0.2) is 5.75 Å². The van der Waals surface area contributed by atoms with E-state index < -0.39 is 0 Å². The molecule has 3 aromatic rings. The lowest BCUT2D eigenvalue weighted by atomic mass is 10.1. The van der Waals surface area contributed by atoms with Gasteiger partial charge in [0.1, 0.15) is 11.4 Å².